The van der Waals surface area contributed by atoms with Crippen LogP contribution in [0.2, 0.25) is 0 Å². The van der Waals surface area contributed by atoms with Crippen molar-refractivity contribution in [3.8, 4) is 10.7 Å². The molecule has 0 aliphatic carbocycles. The van der Waals surface area contributed by atoms with E-state index in [4.69, 9.17) is 0 Å². The highest BCUT2D eigenvalue weighted by atomic mass is 32.2. The number of benzene rings is 1. The first-order valence-corrected chi connectivity index (χ1v) is 11.0. The number of rotatable bonds is 5. The summed E-state index contributed by atoms with van der Waals surface area (Å²) in [6.07, 6.45) is 0. The molecule has 1 aliphatic heterocycles. The third-order valence-electron chi connectivity index (χ3n) is 4.44. The van der Waals surface area contributed by atoms with Gasteiger partial charge in [-0.3, -0.25) is 4.79 Å². The van der Waals surface area contributed by atoms with E-state index < -0.39 is 10.0 Å². The molecule has 9 nitrogen and oxygen atoms in total. The zero-order chi connectivity index (χ0) is 19.6. The minimum absolute atomic E-state index is 0.0240. The summed E-state index contributed by atoms with van der Waals surface area (Å²) in [5, 5.41) is 14.1. The van der Waals surface area contributed by atoms with Gasteiger partial charge in [0.1, 0.15) is 6.54 Å². The fourth-order valence-corrected chi connectivity index (χ4v) is 5.05. The molecular formula is C17H18N6O3S2. The second-order valence-corrected chi connectivity index (χ2v) is 9.10. The van der Waals surface area contributed by atoms with Crippen LogP contribution in [0.25, 0.3) is 10.7 Å². The lowest BCUT2D eigenvalue weighted by atomic mass is 10.3. The maximum Gasteiger partial charge on any atom is 0.246 e. The average molecular weight is 419 g/mol. The molecule has 146 valence electrons. The minimum atomic E-state index is -3.54. The monoisotopic (exact) mass is 418 g/mol. The van der Waals surface area contributed by atoms with Gasteiger partial charge in [0.25, 0.3) is 0 Å². The lowest BCUT2D eigenvalue weighted by Gasteiger charge is -2.33. The number of hydrogen-bond donors (Lipinski definition) is 0. The predicted molar refractivity (Wildman–Crippen MR) is 103 cm³/mol. The number of nitrogens with zero attached hydrogens (tertiary/aromatic N) is 6. The molecule has 4 rings (SSSR count). The molecule has 0 unspecified atom stereocenters. The first-order chi connectivity index (χ1) is 13.5. The summed E-state index contributed by atoms with van der Waals surface area (Å²) in [4.78, 5) is 16.6. The molecule has 1 saturated heterocycles. The van der Waals surface area contributed by atoms with Crippen molar-refractivity contribution in [2.75, 3.05) is 26.2 Å². The molecule has 0 N–H and O–H groups in total. The quantitative estimate of drug-likeness (QED) is 0.611. The molecule has 0 saturated carbocycles. The van der Waals surface area contributed by atoms with Gasteiger partial charge in [-0.1, -0.05) is 24.3 Å². The molecule has 1 amide bonds. The molecule has 0 spiro atoms. The van der Waals surface area contributed by atoms with E-state index in [0.29, 0.717) is 18.9 Å². The van der Waals surface area contributed by atoms with Gasteiger partial charge in [-0.15, -0.1) is 21.5 Å². The third kappa shape index (κ3) is 3.81. The van der Waals surface area contributed by atoms with Crippen molar-refractivity contribution in [1.29, 1.82) is 0 Å². The predicted octanol–water partition coefficient (Wildman–Crippen LogP) is 0.935. The maximum absolute atomic E-state index is 12.7. The van der Waals surface area contributed by atoms with Crippen LogP contribution in [0.15, 0.2) is 52.7 Å². The van der Waals surface area contributed by atoms with E-state index in [1.807, 2.05) is 17.5 Å². The van der Waals surface area contributed by atoms with E-state index >= 15 is 0 Å². The molecule has 0 bridgehead atoms. The summed E-state index contributed by atoms with van der Waals surface area (Å²) in [6.45, 7) is 1.15. The van der Waals surface area contributed by atoms with Gasteiger partial charge in [-0.2, -0.15) is 9.10 Å². The van der Waals surface area contributed by atoms with Gasteiger partial charge in [-0.25, -0.2) is 8.42 Å². The van der Waals surface area contributed by atoms with Crippen LogP contribution in [-0.4, -0.2) is 69.9 Å². The molecule has 3 aromatic rings. The van der Waals surface area contributed by atoms with Crippen molar-refractivity contribution in [2.45, 2.75) is 11.4 Å². The zero-order valence-electron chi connectivity index (χ0n) is 14.9. The summed E-state index contributed by atoms with van der Waals surface area (Å²) >= 11 is 1.50. The Bertz CT molecular complexity index is 1040. The Labute approximate surface area is 166 Å². The van der Waals surface area contributed by atoms with Crippen molar-refractivity contribution < 1.29 is 13.2 Å². The van der Waals surface area contributed by atoms with Gasteiger partial charge >= 0.3 is 0 Å². The standard InChI is InChI=1S/C17H18N6O3S2/c24-16(13-23-19-17(18-20-23)15-7-4-12-27-15)21-8-10-22(11-9-21)28(25,26)14-5-2-1-3-6-14/h1-7,12H,8-11,13H2. The Morgan fingerprint density at radius 1 is 1.04 bits per heavy atom. The number of amides is 1. The van der Waals surface area contributed by atoms with Crippen LogP contribution < -0.4 is 0 Å². The highest BCUT2D eigenvalue weighted by Gasteiger charge is 2.30. The molecule has 28 heavy (non-hydrogen) atoms. The van der Waals surface area contributed by atoms with Crippen LogP contribution in [0, 0.1) is 0 Å². The molecule has 11 heteroatoms. The van der Waals surface area contributed by atoms with Gasteiger partial charge < -0.3 is 4.90 Å². The number of piperazine rings is 1. The van der Waals surface area contributed by atoms with Gasteiger partial charge in [0.05, 0.1) is 9.77 Å². The number of thiophene rings is 1. The first-order valence-electron chi connectivity index (χ1n) is 8.69. The summed E-state index contributed by atoms with van der Waals surface area (Å²) in [6, 6.07) is 12.1. The highest BCUT2D eigenvalue weighted by Crippen LogP contribution is 2.20. The Hall–Kier alpha value is -2.63. The van der Waals surface area contributed by atoms with Gasteiger partial charge in [0.15, 0.2) is 0 Å². The van der Waals surface area contributed by atoms with E-state index in [9.17, 15) is 13.2 Å². The van der Waals surface area contributed by atoms with Gasteiger partial charge in [-0.05, 0) is 28.8 Å². The SMILES string of the molecule is O=C(Cn1nnc(-c2cccs2)n1)N1CCN(S(=O)(=O)c2ccccc2)CC1. The lowest BCUT2D eigenvalue weighted by Crippen LogP contribution is -2.51. The number of tetrazole rings is 1. The Morgan fingerprint density at radius 2 is 1.79 bits per heavy atom. The summed E-state index contributed by atoms with van der Waals surface area (Å²) < 4.78 is 26.7. The average Bonchev–Trinajstić information content (AvgIpc) is 3.40. The molecule has 3 heterocycles. The van der Waals surface area contributed by atoms with Crippen molar-refractivity contribution in [2.24, 2.45) is 0 Å². The fraction of sp³-hybridized carbons (Fsp3) is 0.294. The van der Waals surface area contributed by atoms with Gasteiger partial charge in [0, 0.05) is 26.2 Å². The second-order valence-electron chi connectivity index (χ2n) is 6.22. The zero-order valence-corrected chi connectivity index (χ0v) is 16.5. The van der Waals surface area contributed by atoms with Crippen molar-refractivity contribution >= 4 is 27.3 Å². The molecule has 0 radical (unpaired) electrons. The number of aromatic nitrogens is 4. The smallest absolute Gasteiger partial charge is 0.246 e. The molecule has 1 aromatic carbocycles. The molecule has 1 aliphatic rings. The van der Waals surface area contributed by atoms with Crippen molar-refractivity contribution in [3.63, 3.8) is 0 Å². The van der Waals surface area contributed by atoms with Crippen LogP contribution in [0.1, 0.15) is 0 Å². The minimum Gasteiger partial charge on any atom is -0.338 e. The van der Waals surface area contributed by atoms with Crippen LogP contribution in [0.3, 0.4) is 0 Å². The Morgan fingerprint density at radius 3 is 2.46 bits per heavy atom. The summed E-state index contributed by atoms with van der Waals surface area (Å²) in [5.41, 5.74) is 0. The van der Waals surface area contributed by atoms with Gasteiger partial charge in [0.2, 0.25) is 21.8 Å². The first kappa shape index (κ1) is 18.7. The van der Waals surface area contributed by atoms with E-state index in [-0.39, 0.29) is 30.4 Å². The summed E-state index contributed by atoms with van der Waals surface area (Å²) in [5.74, 6) is 0.327. The van der Waals surface area contributed by atoms with E-state index in [0.717, 1.165) is 4.88 Å². The van der Waals surface area contributed by atoms with E-state index in [1.54, 1.807) is 35.2 Å². The number of sulfonamides is 1. The number of carbonyl (C=O) groups is 1. The van der Waals surface area contributed by atoms with Crippen molar-refractivity contribution in [1.82, 2.24) is 29.4 Å². The van der Waals surface area contributed by atoms with Crippen LogP contribution >= 0.6 is 11.3 Å². The van der Waals surface area contributed by atoms with Crippen molar-refractivity contribution in [3.05, 3.63) is 47.8 Å². The highest BCUT2D eigenvalue weighted by molar-refractivity contribution is 7.89. The molecule has 1 fully saturated rings. The maximum atomic E-state index is 12.7. The largest absolute Gasteiger partial charge is 0.338 e. The van der Waals surface area contributed by atoms with Crippen LogP contribution in [0.4, 0.5) is 0 Å². The normalized spacial score (nSPS) is 15.6. The molecular weight excluding hydrogens is 400 g/mol. The Kier molecular flexibility index (Phi) is 5.20. The summed E-state index contributed by atoms with van der Waals surface area (Å²) in [7, 11) is -3.54. The number of hydrogen-bond acceptors (Lipinski definition) is 7. The third-order valence-corrected chi connectivity index (χ3v) is 7.22. The lowest BCUT2D eigenvalue weighted by molar-refractivity contribution is -0.133. The topological polar surface area (TPSA) is 101 Å². The van der Waals surface area contributed by atoms with Crippen LogP contribution in [0.5, 0.6) is 0 Å². The molecule has 2 aromatic heterocycles. The van der Waals surface area contributed by atoms with E-state index in [2.05, 4.69) is 15.4 Å². The number of carbonyl (C=O) groups excluding carboxylic acids is 1. The second kappa shape index (κ2) is 7.78. The van der Waals surface area contributed by atoms with E-state index in [1.165, 1.54) is 20.4 Å². The molecule has 0 atom stereocenters. The fourth-order valence-electron chi connectivity index (χ4n) is 2.96. The Balaban J connectivity index is 1.35. The van der Waals surface area contributed by atoms with Crippen LogP contribution in [-0.2, 0) is 21.4 Å².